The third-order valence-electron chi connectivity index (χ3n) is 6.09. The molecule has 2 heterocycles. The first-order valence-electron chi connectivity index (χ1n) is 10.7. The molecule has 33 heavy (non-hydrogen) atoms. The largest absolute Gasteiger partial charge is 0.502 e. The molecule has 3 N–H and O–H groups in total. The Morgan fingerprint density at radius 2 is 1.58 bits per heavy atom. The van der Waals surface area contributed by atoms with E-state index in [0.717, 1.165) is 16.8 Å². The summed E-state index contributed by atoms with van der Waals surface area (Å²) in [5, 5.41) is 10.4. The highest BCUT2D eigenvalue weighted by molar-refractivity contribution is 5.59. The van der Waals surface area contributed by atoms with Crippen LogP contribution in [0.4, 0.5) is 5.69 Å². The molecule has 0 aromatic heterocycles. The van der Waals surface area contributed by atoms with Crippen LogP contribution in [0.5, 0.6) is 34.5 Å². The highest BCUT2D eigenvalue weighted by Gasteiger charge is 2.39. The molecular weight excluding hydrogens is 424 g/mol. The molecule has 0 fully saturated rings. The summed E-state index contributed by atoms with van der Waals surface area (Å²) in [5.74, 6) is 2.55. The van der Waals surface area contributed by atoms with Crippen molar-refractivity contribution in [1.82, 2.24) is 5.43 Å². The minimum Gasteiger partial charge on any atom is -0.502 e. The monoisotopic (exact) mass is 450 g/mol. The Morgan fingerprint density at radius 1 is 0.909 bits per heavy atom. The number of phenolic OH excluding ortho intramolecular Hbond substituents is 1. The van der Waals surface area contributed by atoms with E-state index < -0.39 is 0 Å². The lowest BCUT2D eigenvalue weighted by atomic mass is 9.78. The minimum atomic E-state index is -0.367. The number of aromatic hydroxyl groups is 1. The molecule has 0 unspecified atom stereocenters. The number of fused-ring (bicyclic) bond motifs is 2. The van der Waals surface area contributed by atoms with Crippen LogP contribution in [0, 0.1) is 5.92 Å². The van der Waals surface area contributed by atoms with Gasteiger partial charge in [0.1, 0.15) is 5.75 Å². The summed E-state index contributed by atoms with van der Waals surface area (Å²) < 4.78 is 28.4. The van der Waals surface area contributed by atoms with E-state index in [1.54, 1.807) is 0 Å². The van der Waals surface area contributed by atoms with Crippen LogP contribution in [0.2, 0.25) is 0 Å². The van der Waals surface area contributed by atoms with Crippen LogP contribution in [-0.2, 0) is 0 Å². The molecule has 8 heteroatoms. The second-order valence-corrected chi connectivity index (χ2v) is 8.03. The first-order valence-corrected chi connectivity index (χ1v) is 10.7. The van der Waals surface area contributed by atoms with Crippen molar-refractivity contribution >= 4 is 5.69 Å². The Balaban J connectivity index is 1.56. The average molecular weight is 450 g/mol. The summed E-state index contributed by atoms with van der Waals surface area (Å²) in [7, 11) is 3.04. The molecule has 0 radical (unpaired) electrons. The van der Waals surface area contributed by atoms with Gasteiger partial charge in [-0.15, -0.1) is 0 Å². The topological polar surface area (TPSA) is 90.4 Å². The Labute approximate surface area is 192 Å². The maximum Gasteiger partial charge on any atom is 0.231 e. The SMILES string of the molecule is COc1cc([C@@H]2c3cc4c(cc3O[C@H](NNc3ccccc3)[C@@H]2C)OCO4)cc(OC)c1O. The molecule has 0 amide bonds. The summed E-state index contributed by atoms with van der Waals surface area (Å²) in [4.78, 5) is 0. The van der Waals surface area contributed by atoms with Crippen molar-refractivity contribution in [1.29, 1.82) is 0 Å². The average Bonchev–Trinajstić information content (AvgIpc) is 3.30. The lowest BCUT2D eigenvalue weighted by molar-refractivity contribution is 0.0862. The molecule has 3 atom stereocenters. The molecule has 0 saturated carbocycles. The minimum absolute atomic E-state index is 0.0203. The van der Waals surface area contributed by atoms with Gasteiger partial charge in [-0.1, -0.05) is 25.1 Å². The van der Waals surface area contributed by atoms with E-state index in [2.05, 4.69) is 17.8 Å². The summed E-state index contributed by atoms with van der Waals surface area (Å²) in [5.41, 5.74) is 9.35. The number of para-hydroxylation sites is 1. The van der Waals surface area contributed by atoms with E-state index in [4.69, 9.17) is 23.7 Å². The molecule has 0 saturated heterocycles. The fourth-order valence-electron chi connectivity index (χ4n) is 4.40. The normalized spacial score (nSPS) is 20.5. The number of phenols is 1. The van der Waals surface area contributed by atoms with Crippen LogP contribution in [0.1, 0.15) is 24.0 Å². The number of anilines is 1. The summed E-state index contributed by atoms with van der Waals surface area (Å²) >= 11 is 0. The lowest BCUT2D eigenvalue weighted by Crippen LogP contribution is -2.47. The number of hydrogen-bond donors (Lipinski definition) is 3. The van der Waals surface area contributed by atoms with Gasteiger partial charge in [-0.25, -0.2) is 0 Å². The fourth-order valence-corrected chi connectivity index (χ4v) is 4.40. The Kier molecular flexibility index (Phi) is 5.51. The van der Waals surface area contributed by atoms with Crippen LogP contribution in [-0.4, -0.2) is 32.3 Å². The van der Waals surface area contributed by atoms with Crippen LogP contribution >= 0.6 is 0 Å². The third-order valence-corrected chi connectivity index (χ3v) is 6.09. The molecule has 5 rings (SSSR count). The van der Waals surface area contributed by atoms with Crippen molar-refractivity contribution in [2.75, 3.05) is 26.4 Å². The van der Waals surface area contributed by atoms with Gasteiger partial charge >= 0.3 is 0 Å². The third kappa shape index (κ3) is 3.82. The van der Waals surface area contributed by atoms with Crippen molar-refractivity contribution in [3.05, 3.63) is 65.7 Å². The van der Waals surface area contributed by atoms with E-state index in [1.807, 2.05) is 54.6 Å². The maximum absolute atomic E-state index is 10.4. The molecular formula is C25H26N2O6. The summed E-state index contributed by atoms with van der Waals surface area (Å²) in [6.45, 7) is 2.28. The molecule has 2 aliphatic heterocycles. The highest BCUT2D eigenvalue weighted by atomic mass is 16.7. The number of benzene rings is 3. The van der Waals surface area contributed by atoms with Gasteiger partial charge in [0.15, 0.2) is 29.2 Å². The van der Waals surface area contributed by atoms with Crippen LogP contribution < -0.4 is 34.5 Å². The zero-order valence-electron chi connectivity index (χ0n) is 18.6. The molecule has 8 nitrogen and oxygen atoms in total. The number of methoxy groups -OCH3 is 2. The number of nitrogens with one attached hydrogen (secondary N) is 2. The first-order chi connectivity index (χ1) is 16.1. The van der Waals surface area contributed by atoms with Gasteiger partial charge in [-0.3, -0.25) is 0 Å². The molecule has 3 aromatic carbocycles. The van der Waals surface area contributed by atoms with Gasteiger partial charge in [-0.2, -0.15) is 5.43 Å². The van der Waals surface area contributed by atoms with Crippen LogP contribution in [0.25, 0.3) is 0 Å². The zero-order valence-corrected chi connectivity index (χ0v) is 18.6. The molecule has 0 bridgehead atoms. The van der Waals surface area contributed by atoms with E-state index in [1.165, 1.54) is 14.2 Å². The van der Waals surface area contributed by atoms with Gasteiger partial charge in [0.25, 0.3) is 0 Å². The van der Waals surface area contributed by atoms with E-state index in [-0.39, 0.29) is 30.6 Å². The van der Waals surface area contributed by atoms with Crippen molar-refractivity contribution in [2.24, 2.45) is 5.92 Å². The second kappa shape index (κ2) is 8.63. The standard InChI is InChI=1S/C25H26N2O6/c1-14-23(15-9-21(29-2)24(28)22(10-15)30-3)17-11-19-20(32-13-31-19)12-18(17)33-25(14)27-26-16-7-5-4-6-8-16/h4-12,14,23,25-28H,13H2,1-3H3/t14-,23-,25+/m1/s1. The number of rotatable bonds is 6. The molecule has 0 aliphatic carbocycles. The zero-order chi connectivity index (χ0) is 22.9. The van der Waals surface area contributed by atoms with Gasteiger partial charge in [0.05, 0.1) is 14.2 Å². The molecule has 3 aromatic rings. The van der Waals surface area contributed by atoms with Crippen molar-refractivity contribution < 1.29 is 28.8 Å². The van der Waals surface area contributed by atoms with Crippen LogP contribution in [0.15, 0.2) is 54.6 Å². The highest BCUT2D eigenvalue weighted by Crippen LogP contribution is 2.51. The van der Waals surface area contributed by atoms with E-state index >= 15 is 0 Å². The predicted molar refractivity (Wildman–Crippen MR) is 122 cm³/mol. The molecule has 2 aliphatic rings. The van der Waals surface area contributed by atoms with E-state index in [0.29, 0.717) is 28.7 Å². The smallest absolute Gasteiger partial charge is 0.231 e. The van der Waals surface area contributed by atoms with Crippen LogP contribution in [0.3, 0.4) is 0 Å². The quantitative estimate of drug-likeness (QED) is 0.481. The lowest BCUT2D eigenvalue weighted by Gasteiger charge is -2.39. The van der Waals surface area contributed by atoms with Gasteiger partial charge in [0, 0.05) is 29.2 Å². The predicted octanol–water partition coefficient (Wildman–Crippen LogP) is 4.24. The maximum atomic E-state index is 10.4. The first kappa shape index (κ1) is 21.1. The van der Waals surface area contributed by atoms with Crippen molar-refractivity contribution in [3.63, 3.8) is 0 Å². The molecule has 0 spiro atoms. The van der Waals surface area contributed by atoms with Crippen molar-refractivity contribution in [2.45, 2.75) is 19.1 Å². The van der Waals surface area contributed by atoms with E-state index in [9.17, 15) is 5.11 Å². The van der Waals surface area contributed by atoms with Gasteiger partial charge in [-0.05, 0) is 35.9 Å². The number of ether oxygens (including phenoxy) is 5. The van der Waals surface area contributed by atoms with Gasteiger partial charge in [0.2, 0.25) is 12.5 Å². The van der Waals surface area contributed by atoms with Gasteiger partial charge < -0.3 is 34.2 Å². The summed E-state index contributed by atoms with van der Waals surface area (Å²) in [6, 6.07) is 17.3. The Morgan fingerprint density at radius 3 is 2.24 bits per heavy atom. The molecule has 172 valence electrons. The number of hydrazine groups is 1. The number of hydrogen-bond acceptors (Lipinski definition) is 8. The Hall–Kier alpha value is -3.78. The Bertz CT molecular complexity index is 1130. The van der Waals surface area contributed by atoms with Crippen molar-refractivity contribution in [3.8, 4) is 34.5 Å². The summed E-state index contributed by atoms with van der Waals surface area (Å²) in [6.07, 6.45) is -0.367. The fraction of sp³-hybridized carbons (Fsp3) is 0.280. The second-order valence-electron chi connectivity index (χ2n) is 8.03.